The van der Waals surface area contributed by atoms with Crippen LogP contribution in [-0.2, 0) is 0 Å². The number of hydrogen-bond donors (Lipinski definition) is 0. The summed E-state index contributed by atoms with van der Waals surface area (Å²) in [4.78, 5) is 0.471. The Hall–Kier alpha value is -0.330. The van der Waals surface area contributed by atoms with Crippen LogP contribution >= 0.6 is 31.9 Å². The minimum Gasteiger partial charge on any atom is -0.197 e. The summed E-state index contributed by atoms with van der Waals surface area (Å²) >= 11 is 6.60. The van der Waals surface area contributed by atoms with Gasteiger partial charge in [-0.15, -0.1) is 0 Å². The highest BCUT2D eigenvalue weighted by atomic mass is 79.9. The number of rotatable bonds is 1. The van der Waals surface area contributed by atoms with E-state index in [-0.39, 0.29) is 4.32 Å². The molecule has 1 rings (SSSR count). The molecule has 0 amide bonds. The van der Waals surface area contributed by atoms with Crippen LogP contribution in [-0.4, -0.2) is 4.32 Å². The van der Waals surface area contributed by atoms with Crippen molar-refractivity contribution in [1.29, 1.82) is 5.26 Å². The zero-order valence-corrected chi connectivity index (χ0v) is 12.3. The fourth-order valence-corrected chi connectivity index (χ4v) is 1.02. The summed E-state index contributed by atoms with van der Waals surface area (Å²) in [6.07, 6.45) is 0. The summed E-state index contributed by atoms with van der Waals surface area (Å²) in [6.45, 7) is 5.72. The molecule has 1 nitrogen and oxygen atoms in total. The van der Waals surface area contributed by atoms with E-state index in [9.17, 15) is 0 Å². The summed E-state index contributed by atoms with van der Waals surface area (Å²) in [5.41, 5.74) is 1.33. The summed E-state index contributed by atoms with van der Waals surface area (Å²) < 4.78 is -0.340. The number of hydrogen-bond acceptors (Lipinski definition) is 1. The Kier molecular flexibility index (Phi) is 6.87. The van der Waals surface area contributed by atoms with Crippen molar-refractivity contribution in [2.24, 2.45) is 0 Å². The molecule has 0 heterocycles. The van der Waals surface area contributed by atoms with Crippen LogP contribution in [0.1, 0.15) is 31.2 Å². The Bertz CT molecular complexity index is 307. The SMILES string of the molecule is CC(Br)c1ccccc1.CC(C)(Br)C#N. The molecule has 0 fully saturated rings. The van der Waals surface area contributed by atoms with E-state index < -0.39 is 0 Å². The van der Waals surface area contributed by atoms with Crippen LogP contribution in [0.25, 0.3) is 0 Å². The lowest BCUT2D eigenvalue weighted by molar-refractivity contribution is 0.936. The van der Waals surface area contributed by atoms with Gasteiger partial charge in [-0.2, -0.15) is 5.26 Å². The number of alkyl halides is 2. The van der Waals surface area contributed by atoms with Gasteiger partial charge in [0.05, 0.1) is 6.07 Å². The topological polar surface area (TPSA) is 23.8 Å². The molecule has 82 valence electrons. The molecular formula is C12H15Br2N. The molecule has 0 spiro atoms. The van der Waals surface area contributed by atoms with Crippen molar-refractivity contribution in [2.75, 3.05) is 0 Å². The van der Waals surface area contributed by atoms with E-state index in [1.165, 1.54) is 5.56 Å². The van der Waals surface area contributed by atoms with Crippen molar-refractivity contribution in [3.05, 3.63) is 35.9 Å². The second-order valence-corrected chi connectivity index (χ2v) is 6.97. The van der Waals surface area contributed by atoms with Gasteiger partial charge in [0, 0.05) is 4.83 Å². The van der Waals surface area contributed by atoms with Gasteiger partial charge in [0.25, 0.3) is 0 Å². The zero-order valence-electron chi connectivity index (χ0n) is 9.17. The van der Waals surface area contributed by atoms with Crippen LogP contribution in [0.15, 0.2) is 30.3 Å². The van der Waals surface area contributed by atoms with Gasteiger partial charge < -0.3 is 0 Å². The smallest absolute Gasteiger partial charge is 0.106 e. The summed E-state index contributed by atoms with van der Waals surface area (Å²) in [6, 6.07) is 12.4. The fourth-order valence-electron chi connectivity index (χ4n) is 0.718. The molecule has 0 aliphatic heterocycles. The summed E-state index contributed by atoms with van der Waals surface area (Å²) in [5, 5.41) is 8.11. The van der Waals surface area contributed by atoms with Crippen molar-refractivity contribution in [2.45, 2.75) is 29.9 Å². The normalized spacial score (nSPS) is 12.0. The van der Waals surface area contributed by atoms with E-state index in [1.807, 2.05) is 24.3 Å². The Balaban J connectivity index is 0.000000288. The summed E-state index contributed by atoms with van der Waals surface area (Å²) in [5.74, 6) is 0. The van der Waals surface area contributed by atoms with E-state index >= 15 is 0 Å². The third-order valence-electron chi connectivity index (χ3n) is 1.52. The van der Waals surface area contributed by atoms with Gasteiger partial charge >= 0.3 is 0 Å². The average molecular weight is 333 g/mol. The van der Waals surface area contributed by atoms with Crippen molar-refractivity contribution in [3.63, 3.8) is 0 Å². The first-order valence-electron chi connectivity index (χ1n) is 4.66. The van der Waals surface area contributed by atoms with Crippen molar-refractivity contribution in [1.82, 2.24) is 0 Å². The molecule has 0 bridgehead atoms. The minimum absolute atomic E-state index is 0.340. The number of halogens is 2. The monoisotopic (exact) mass is 331 g/mol. The van der Waals surface area contributed by atoms with Crippen LogP contribution in [0.3, 0.4) is 0 Å². The molecule has 0 N–H and O–H groups in total. The molecule has 1 aromatic carbocycles. The average Bonchev–Trinajstić information content (AvgIpc) is 2.19. The standard InChI is InChI=1S/C8H9Br.C4H6BrN/c1-7(9)8-5-3-2-4-6-8;1-4(2,5)3-6/h2-7H,1H3;1-2H3. The molecule has 0 radical (unpaired) electrons. The number of nitriles is 1. The molecule has 0 aliphatic carbocycles. The van der Waals surface area contributed by atoms with Gasteiger partial charge in [0.1, 0.15) is 4.32 Å². The molecule has 3 heteroatoms. The first-order valence-corrected chi connectivity index (χ1v) is 6.37. The molecule has 15 heavy (non-hydrogen) atoms. The second kappa shape index (κ2) is 7.03. The quantitative estimate of drug-likeness (QED) is 0.676. The highest BCUT2D eigenvalue weighted by Crippen LogP contribution is 2.19. The number of nitrogens with zero attached hydrogens (tertiary/aromatic N) is 1. The van der Waals surface area contributed by atoms with Crippen LogP contribution in [0.2, 0.25) is 0 Å². The van der Waals surface area contributed by atoms with E-state index in [4.69, 9.17) is 5.26 Å². The Labute approximate surface area is 109 Å². The molecule has 1 aromatic rings. The van der Waals surface area contributed by atoms with Crippen LogP contribution < -0.4 is 0 Å². The van der Waals surface area contributed by atoms with Crippen molar-refractivity contribution in [3.8, 4) is 6.07 Å². The first-order chi connectivity index (χ1) is 6.87. The molecular weight excluding hydrogens is 318 g/mol. The highest BCUT2D eigenvalue weighted by Gasteiger charge is 2.07. The maximum Gasteiger partial charge on any atom is 0.106 e. The van der Waals surface area contributed by atoms with Crippen LogP contribution in [0.4, 0.5) is 0 Å². The van der Waals surface area contributed by atoms with E-state index in [1.54, 1.807) is 13.8 Å². The third kappa shape index (κ3) is 8.65. The Morgan fingerprint density at radius 2 is 1.67 bits per heavy atom. The fraction of sp³-hybridized carbons (Fsp3) is 0.417. The lowest BCUT2D eigenvalue weighted by Gasteiger charge is -1.99. The molecule has 1 atom stereocenters. The van der Waals surface area contributed by atoms with Gasteiger partial charge in [-0.25, -0.2) is 0 Å². The van der Waals surface area contributed by atoms with Crippen molar-refractivity contribution < 1.29 is 0 Å². The molecule has 0 saturated heterocycles. The maximum absolute atomic E-state index is 8.11. The molecule has 0 aromatic heterocycles. The highest BCUT2D eigenvalue weighted by molar-refractivity contribution is 9.10. The van der Waals surface area contributed by atoms with Gasteiger partial charge in [-0.1, -0.05) is 62.2 Å². The third-order valence-corrected chi connectivity index (χ3v) is 2.23. The van der Waals surface area contributed by atoms with Gasteiger partial charge in [0.2, 0.25) is 0 Å². The predicted molar refractivity (Wildman–Crippen MR) is 72.4 cm³/mol. The zero-order chi connectivity index (χ0) is 11.9. The molecule has 0 saturated carbocycles. The molecule has 0 aliphatic rings. The lowest BCUT2D eigenvalue weighted by atomic mass is 10.2. The Morgan fingerprint density at radius 3 is 1.87 bits per heavy atom. The van der Waals surface area contributed by atoms with Crippen LogP contribution in [0.5, 0.6) is 0 Å². The van der Waals surface area contributed by atoms with Crippen LogP contribution in [0, 0.1) is 11.3 Å². The second-order valence-electron chi connectivity index (χ2n) is 3.61. The molecule has 1 unspecified atom stereocenters. The van der Waals surface area contributed by atoms with Gasteiger partial charge in [-0.05, 0) is 26.3 Å². The van der Waals surface area contributed by atoms with Crippen molar-refractivity contribution >= 4 is 31.9 Å². The van der Waals surface area contributed by atoms with E-state index in [2.05, 4.69) is 50.9 Å². The summed E-state index contributed by atoms with van der Waals surface area (Å²) in [7, 11) is 0. The van der Waals surface area contributed by atoms with E-state index in [0.29, 0.717) is 4.83 Å². The van der Waals surface area contributed by atoms with Gasteiger partial charge in [-0.3, -0.25) is 0 Å². The maximum atomic E-state index is 8.11. The number of benzene rings is 1. The Morgan fingerprint density at radius 1 is 1.27 bits per heavy atom. The van der Waals surface area contributed by atoms with Gasteiger partial charge in [0.15, 0.2) is 0 Å². The first kappa shape index (κ1) is 14.7. The van der Waals surface area contributed by atoms with E-state index in [0.717, 1.165) is 0 Å². The lowest BCUT2D eigenvalue weighted by Crippen LogP contribution is -2.02. The minimum atomic E-state index is -0.340. The predicted octanol–water partition coefficient (Wildman–Crippen LogP) is 4.83. The largest absolute Gasteiger partial charge is 0.197 e.